The van der Waals surface area contributed by atoms with Gasteiger partial charge in [0.2, 0.25) is 0 Å². The average Bonchev–Trinajstić information content (AvgIpc) is 3.30. The summed E-state index contributed by atoms with van der Waals surface area (Å²) in [6, 6.07) is 10.7. The van der Waals surface area contributed by atoms with Crippen molar-refractivity contribution in [3.05, 3.63) is 47.8 Å². The highest BCUT2D eigenvalue weighted by Crippen LogP contribution is 2.39. The van der Waals surface area contributed by atoms with Gasteiger partial charge in [-0.15, -0.1) is 5.10 Å². The minimum atomic E-state index is 0.0295. The molecule has 2 amide bonds. The second kappa shape index (κ2) is 6.63. The van der Waals surface area contributed by atoms with Crippen LogP contribution in [0, 0.1) is 0 Å². The summed E-state index contributed by atoms with van der Waals surface area (Å²) in [5, 5.41) is 11.4. The monoisotopic (exact) mass is 325 g/mol. The maximum absolute atomic E-state index is 12.1. The van der Waals surface area contributed by atoms with E-state index >= 15 is 0 Å². The van der Waals surface area contributed by atoms with Gasteiger partial charge in [0.25, 0.3) is 0 Å². The quantitative estimate of drug-likeness (QED) is 0.829. The van der Waals surface area contributed by atoms with Crippen molar-refractivity contribution >= 4 is 6.03 Å². The van der Waals surface area contributed by atoms with E-state index < -0.39 is 0 Å². The minimum Gasteiger partial charge on any atom is -0.338 e. The number of urea groups is 1. The lowest BCUT2D eigenvalue weighted by atomic mass is 10.1. The molecule has 1 aromatic carbocycles. The lowest BCUT2D eigenvalue weighted by Crippen LogP contribution is -2.54. The molecule has 1 N–H and O–H groups in total. The Labute approximate surface area is 141 Å². The van der Waals surface area contributed by atoms with Crippen molar-refractivity contribution in [1.29, 1.82) is 0 Å². The molecule has 0 unspecified atom stereocenters. The number of aromatic nitrogens is 3. The summed E-state index contributed by atoms with van der Waals surface area (Å²) in [7, 11) is 0. The molecular formula is C18H23N5O. The Kier molecular flexibility index (Phi) is 4.19. The van der Waals surface area contributed by atoms with Crippen molar-refractivity contribution < 1.29 is 4.79 Å². The fourth-order valence-electron chi connectivity index (χ4n) is 3.07. The molecule has 126 valence electrons. The minimum absolute atomic E-state index is 0.0295. The third kappa shape index (κ3) is 3.42. The number of likely N-dealkylation sites (tertiary alicyclic amines) is 1. The molecule has 6 heteroatoms. The standard InChI is InChI=1S/C18H23N5O/c24-18(19-10-4-7-14-5-2-1-3-6-14)22-11-16(12-22)23-13-17(20-21-23)15-8-9-15/h1-3,5-6,13,15-16H,4,7-12H2,(H,19,24). The molecule has 1 aliphatic heterocycles. The van der Waals surface area contributed by atoms with E-state index in [1.807, 2.05) is 27.8 Å². The van der Waals surface area contributed by atoms with Gasteiger partial charge in [0.15, 0.2) is 0 Å². The van der Waals surface area contributed by atoms with Gasteiger partial charge in [0.1, 0.15) is 0 Å². The Morgan fingerprint density at radius 2 is 2.00 bits per heavy atom. The summed E-state index contributed by atoms with van der Waals surface area (Å²) >= 11 is 0. The molecular weight excluding hydrogens is 302 g/mol. The van der Waals surface area contributed by atoms with Gasteiger partial charge in [-0.25, -0.2) is 9.48 Å². The maximum atomic E-state index is 12.1. The summed E-state index contributed by atoms with van der Waals surface area (Å²) in [5.74, 6) is 0.628. The van der Waals surface area contributed by atoms with Gasteiger partial charge < -0.3 is 10.2 Å². The van der Waals surface area contributed by atoms with Crippen LogP contribution in [0.25, 0.3) is 0 Å². The van der Waals surface area contributed by atoms with Gasteiger partial charge in [-0.1, -0.05) is 35.5 Å². The van der Waals surface area contributed by atoms with Crippen LogP contribution in [0.5, 0.6) is 0 Å². The molecule has 2 aromatic rings. The van der Waals surface area contributed by atoms with E-state index in [2.05, 4.69) is 34.0 Å². The first-order chi connectivity index (χ1) is 11.8. The number of hydrogen-bond donors (Lipinski definition) is 1. The molecule has 1 saturated carbocycles. The second-order valence-electron chi connectivity index (χ2n) is 6.78. The summed E-state index contributed by atoms with van der Waals surface area (Å²) in [5.41, 5.74) is 2.42. The molecule has 1 aromatic heterocycles. The normalized spacial score (nSPS) is 17.6. The van der Waals surface area contributed by atoms with E-state index in [9.17, 15) is 4.79 Å². The number of nitrogens with one attached hydrogen (secondary N) is 1. The topological polar surface area (TPSA) is 63.1 Å². The molecule has 1 saturated heterocycles. The van der Waals surface area contributed by atoms with Gasteiger partial charge in [-0.3, -0.25) is 0 Å². The highest BCUT2D eigenvalue weighted by Gasteiger charge is 2.34. The van der Waals surface area contributed by atoms with Crippen LogP contribution >= 0.6 is 0 Å². The van der Waals surface area contributed by atoms with Crippen molar-refractivity contribution in [2.75, 3.05) is 19.6 Å². The smallest absolute Gasteiger partial charge is 0.317 e. The molecule has 0 radical (unpaired) electrons. The van der Waals surface area contributed by atoms with E-state index in [0.717, 1.165) is 31.6 Å². The van der Waals surface area contributed by atoms with Crippen LogP contribution in [0.4, 0.5) is 4.79 Å². The van der Waals surface area contributed by atoms with E-state index in [0.29, 0.717) is 12.5 Å². The second-order valence-corrected chi connectivity index (χ2v) is 6.78. The van der Waals surface area contributed by atoms with Crippen LogP contribution in [0.2, 0.25) is 0 Å². The van der Waals surface area contributed by atoms with Crippen molar-refractivity contribution in [3.8, 4) is 0 Å². The van der Waals surface area contributed by atoms with Crippen molar-refractivity contribution in [2.45, 2.75) is 37.6 Å². The lowest BCUT2D eigenvalue weighted by molar-refractivity contribution is 0.117. The van der Waals surface area contributed by atoms with Crippen LogP contribution < -0.4 is 5.32 Å². The predicted molar refractivity (Wildman–Crippen MR) is 90.8 cm³/mol. The third-order valence-corrected chi connectivity index (χ3v) is 4.81. The molecule has 1 aliphatic carbocycles. The molecule has 2 aliphatic rings. The fourth-order valence-corrected chi connectivity index (χ4v) is 3.07. The molecule has 6 nitrogen and oxygen atoms in total. The fraction of sp³-hybridized carbons (Fsp3) is 0.500. The number of amides is 2. The third-order valence-electron chi connectivity index (χ3n) is 4.81. The summed E-state index contributed by atoms with van der Waals surface area (Å²) in [6.07, 6.45) is 6.48. The summed E-state index contributed by atoms with van der Waals surface area (Å²) in [4.78, 5) is 13.9. The summed E-state index contributed by atoms with van der Waals surface area (Å²) in [6.45, 7) is 2.15. The molecule has 0 atom stereocenters. The van der Waals surface area contributed by atoms with Crippen LogP contribution in [0.3, 0.4) is 0 Å². The number of aryl methyl sites for hydroxylation is 1. The zero-order chi connectivity index (χ0) is 16.4. The molecule has 4 rings (SSSR count). The predicted octanol–water partition coefficient (Wildman–Crippen LogP) is 2.35. The van der Waals surface area contributed by atoms with Crippen molar-refractivity contribution in [1.82, 2.24) is 25.2 Å². The van der Waals surface area contributed by atoms with Gasteiger partial charge in [-0.05, 0) is 31.2 Å². The first-order valence-corrected chi connectivity index (χ1v) is 8.78. The first-order valence-electron chi connectivity index (χ1n) is 8.78. The Balaban J connectivity index is 1.16. The SMILES string of the molecule is O=C(NCCCc1ccccc1)N1CC(n2cc(C3CC3)nn2)C1. The largest absolute Gasteiger partial charge is 0.338 e. The van der Waals surface area contributed by atoms with Gasteiger partial charge in [0.05, 0.1) is 11.7 Å². The van der Waals surface area contributed by atoms with Gasteiger partial charge >= 0.3 is 6.03 Å². The van der Waals surface area contributed by atoms with Crippen LogP contribution in [0.15, 0.2) is 36.5 Å². The number of rotatable bonds is 6. The number of nitrogens with zero attached hydrogens (tertiary/aromatic N) is 4. The van der Waals surface area contributed by atoms with E-state index in [-0.39, 0.29) is 12.1 Å². The Morgan fingerprint density at radius 1 is 1.21 bits per heavy atom. The molecule has 2 fully saturated rings. The number of carbonyl (C=O) groups excluding carboxylic acids is 1. The highest BCUT2D eigenvalue weighted by molar-refractivity contribution is 5.75. The van der Waals surface area contributed by atoms with Crippen LogP contribution in [0.1, 0.15) is 42.5 Å². The Bertz CT molecular complexity index is 688. The van der Waals surface area contributed by atoms with Crippen molar-refractivity contribution in [2.24, 2.45) is 0 Å². The zero-order valence-electron chi connectivity index (χ0n) is 13.8. The number of carbonyl (C=O) groups is 1. The van der Waals surface area contributed by atoms with E-state index in [4.69, 9.17) is 0 Å². The number of hydrogen-bond acceptors (Lipinski definition) is 3. The molecule has 0 bridgehead atoms. The molecule has 24 heavy (non-hydrogen) atoms. The average molecular weight is 325 g/mol. The maximum Gasteiger partial charge on any atom is 0.317 e. The Morgan fingerprint density at radius 3 is 2.75 bits per heavy atom. The first kappa shape index (κ1) is 15.2. The summed E-state index contributed by atoms with van der Waals surface area (Å²) < 4.78 is 1.92. The molecule has 2 heterocycles. The lowest BCUT2D eigenvalue weighted by Gasteiger charge is -2.38. The van der Waals surface area contributed by atoms with Crippen LogP contribution in [-0.4, -0.2) is 45.6 Å². The van der Waals surface area contributed by atoms with Crippen molar-refractivity contribution in [3.63, 3.8) is 0 Å². The van der Waals surface area contributed by atoms with Crippen LogP contribution in [-0.2, 0) is 6.42 Å². The van der Waals surface area contributed by atoms with E-state index in [1.54, 1.807) is 0 Å². The Hall–Kier alpha value is -2.37. The van der Waals surface area contributed by atoms with E-state index in [1.165, 1.54) is 18.4 Å². The van der Waals surface area contributed by atoms with Gasteiger partial charge in [-0.2, -0.15) is 0 Å². The molecule has 0 spiro atoms. The van der Waals surface area contributed by atoms with Gasteiger partial charge in [0, 0.05) is 31.7 Å². The highest BCUT2D eigenvalue weighted by atomic mass is 16.2. The zero-order valence-corrected chi connectivity index (χ0v) is 13.8. The number of benzene rings is 1.